The van der Waals surface area contributed by atoms with E-state index in [-0.39, 0.29) is 5.91 Å². The van der Waals surface area contributed by atoms with E-state index in [9.17, 15) is 4.79 Å². The third-order valence-corrected chi connectivity index (χ3v) is 3.96. The Labute approximate surface area is 128 Å². The Bertz CT molecular complexity index is 475. The van der Waals surface area contributed by atoms with Crippen molar-refractivity contribution in [1.82, 2.24) is 10.6 Å². The van der Waals surface area contributed by atoms with Crippen molar-refractivity contribution in [2.75, 3.05) is 6.54 Å². The fourth-order valence-electron chi connectivity index (χ4n) is 1.82. The van der Waals surface area contributed by atoms with Crippen LogP contribution in [0.25, 0.3) is 0 Å². The van der Waals surface area contributed by atoms with Crippen LogP contribution in [0.4, 0.5) is 0 Å². The molecule has 1 fully saturated rings. The Balaban J connectivity index is 1.95. The number of amides is 1. The topological polar surface area (TPSA) is 50.4 Å². The zero-order chi connectivity index (χ0) is 14.5. The summed E-state index contributed by atoms with van der Waals surface area (Å²) in [7, 11) is 0. The van der Waals surface area contributed by atoms with E-state index in [0.717, 1.165) is 41.7 Å². The number of ether oxygens (including phenoxy) is 1. The molecule has 0 bridgehead atoms. The van der Waals surface area contributed by atoms with Crippen molar-refractivity contribution in [1.29, 1.82) is 0 Å². The maximum Gasteiger partial charge on any atom is 0.260 e. The molecule has 2 N–H and O–H groups in total. The van der Waals surface area contributed by atoms with Crippen molar-refractivity contribution in [3.63, 3.8) is 0 Å². The predicted octanol–water partition coefficient (Wildman–Crippen LogP) is 2.60. The molecule has 1 atom stereocenters. The van der Waals surface area contributed by atoms with E-state index >= 15 is 0 Å². The highest BCUT2D eigenvalue weighted by molar-refractivity contribution is 9.10. The molecule has 0 spiro atoms. The number of halogens is 1. The second-order valence-corrected chi connectivity index (χ2v) is 5.93. The highest BCUT2D eigenvalue weighted by atomic mass is 79.9. The minimum Gasteiger partial charge on any atom is -0.481 e. The summed E-state index contributed by atoms with van der Waals surface area (Å²) in [6.45, 7) is 5.54. The number of rotatable bonds is 7. The Kier molecular flexibility index (Phi) is 5.43. The van der Waals surface area contributed by atoms with Crippen LogP contribution in [0.15, 0.2) is 22.7 Å². The lowest BCUT2D eigenvalue weighted by Crippen LogP contribution is -2.37. The summed E-state index contributed by atoms with van der Waals surface area (Å²) in [4.78, 5) is 11.9. The standard InChI is InChI=1S/C15H21BrN2O2/c1-3-17-9-11-8-13(6-7-14(11)16)20-10(2)15(19)18-12-4-5-12/h6-8,10,12,17H,3-5,9H2,1-2H3,(H,18,19). The fraction of sp³-hybridized carbons (Fsp3) is 0.533. The van der Waals surface area contributed by atoms with Gasteiger partial charge in [-0.1, -0.05) is 22.9 Å². The number of hydrogen-bond donors (Lipinski definition) is 2. The zero-order valence-electron chi connectivity index (χ0n) is 11.9. The number of hydrogen-bond acceptors (Lipinski definition) is 3. The molecule has 110 valence electrons. The molecule has 1 saturated carbocycles. The average molecular weight is 341 g/mol. The van der Waals surface area contributed by atoms with Gasteiger partial charge in [-0.05, 0) is 50.1 Å². The average Bonchev–Trinajstić information content (AvgIpc) is 3.23. The lowest BCUT2D eigenvalue weighted by Gasteiger charge is -2.16. The van der Waals surface area contributed by atoms with Crippen LogP contribution < -0.4 is 15.4 Å². The highest BCUT2D eigenvalue weighted by Crippen LogP contribution is 2.24. The third-order valence-electron chi connectivity index (χ3n) is 3.19. The van der Waals surface area contributed by atoms with Crippen molar-refractivity contribution in [3.05, 3.63) is 28.2 Å². The van der Waals surface area contributed by atoms with Gasteiger partial charge in [0.25, 0.3) is 5.91 Å². The molecule has 20 heavy (non-hydrogen) atoms. The lowest BCUT2D eigenvalue weighted by molar-refractivity contribution is -0.127. The van der Waals surface area contributed by atoms with Crippen LogP contribution in [-0.2, 0) is 11.3 Å². The summed E-state index contributed by atoms with van der Waals surface area (Å²) in [5.74, 6) is 0.684. The normalized spacial score (nSPS) is 15.8. The van der Waals surface area contributed by atoms with Crippen LogP contribution in [0.5, 0.6) is 5.75 Å². The van der Waals surface area contributed by atoms with Gasteiger partial charge in [0.05, 0.1) is 0 Å². The molecule has 1 aliphatic rings. The van der Waals surface area contributed by atoms with E-state index < -0.39 is 6.10 Å². The van der Waals surface area contributed by atoms with Crippen LogP contribution in [0.1, 0.15) is 32.3 Å². The first-order chi connectivity index (χ1) is 9.60. The minimum absolute atomic E-state index is 0.0383. The first-order valence-electron chi connectivity index (χ1n) is 7.06. The molecule has 2 rings (SSSR count). The molecule has 0 aliphatic heterocycles. The van der Waals surface area contributed by atoms with Crippen molar-refractivity contribution < 1.29 is 9.53 Å². The first-order valence-corrected chi connectivity index (χ1v) is 7.85. The molecule has 5 heteroatoms. The molecular formula is C15H21BrN2O2. The molecule has 1 aromatic carbocycles. The van der Waals surface area contributed by atoms with E-state index in [4.69, 9.17) is 4.74 Å². The Morgan fingerprint density at radius 2 is 2.25 bits per heavy atom. The van der Waals surface area contributed by atoms with Crippen LogP contribution in [0.2, 0.25) is 0 Å². The van der Waals surface area contributed by atoms with Gasteiger partial charge in [0.1, 0.15) is 5.75 Å². The van der Waals surface area contributed by atoms with Crippen molar-refractivity contribution in [3.8, 4) is 5.75 Å². The van der Waals surface area contributed by atoms with E-state index in [1.165, 1.54) is 0 Å². The quantitative estimate of drug-likeness (QED) is 0.802. The second kappa shape index (κ2) is 7.09. The van der Waals surface area contributed by atoms with Crippen LogP contribution in [0, 0.1) is 0 Å². The number of carbonyl (C=O) groups is 1. The predicted molar refractivity (Wildman–Crippen MR) is 82.8 cm³/mol. The zero-order valence-corrected chi connectivity index (χ0v) is 13.5. The van der Waals surface area contributed by atoms with E-state index in [1.54, 1.807) is 6.92 Å². The summed E-state index contributed by atoms with van der Waals surface area (Å²) in [5.41, 5.74) is 1.12. The molecule has 0 saturated heterocycles. The summed E-state index contributed by atoms with van der Waals surface area (Å²) < 4.78 is 6.76. The van der Waals surface area contributed by atoms with Crippen LogP contribution in [-0.4, -0.2) is 24.6 Å². The molecule has 4 nitrogen and oxygen atoms in total. The monoisotopic (exact) mass is 340 g/mol. The Hall–Kier alpha value is -1.07. The van der Waals surface area contributed by atoms with Gasteiger partial charge in [-0.15, -0.1) is 0 Å². The number of benzene rings is 1. The number of nitrogens with one attached hydrogen (secondary N) is 2. The van der Waals surface area contributed by atoms with Gasteiger partial charge in [-0.3, -0.25) is 4.79 Å². The van der Waals surface area contributed by atoms with Gasteiger partial charge in [-0.25, -0.2) is 0 Å². The van der Waals surface area contributed by atoms with E-state index in [1.807, 2.05) is 18.2 Å². The van der Waals surface area contributed by atoms with Crippen molar-refractivity contribution >= 4 is 21.8 Å². The summed E-state index contributed by atoms with van der Waals surface area (Å²) >= 11 is 3.52. The summed E-state index contributed by atoms with van der Waals surface area (Å²) in [5, 5.41) is 6.23. The molecule has 1 unspecified atom stereocenters. The largest absolute Gasteiger partial charge is 0.481 e. The summed E-state index contributed by atoms with van der Waals surface area (Å²) in [6.07, 6.45) is 1.71. The van der Waals surface area contributed by atoms with E-state index in [0.29, 0.717) is 6.04 Å². The van der Waals surface area contributed by atoms with Gasteiger partial charge in [-0.2, -0.15) is 0 Å². The van der Waals surface area contributed by atoms with Gasteiger partial charge < -0.3 is 15.4 Å². The van der Waals surface area contributed by atoms with Crippen molar-refractivity contribution in [2.45, 2.75) is 45.4 Å². The molecule has 1 aliphatic carbocycles. The first kappa shape index (κ1) is 15.3. The minimum atomic E-state index is -0.469. The Morgan fingerprint density at radius 3 is 2.90 bits per heavy atom. The fourth-order valence-corrected chi connectivity index (χ4v) is 2.21. The van der Waals surface area contributed by atoms with Crippen molar-refractivity contribution in [2.24, 2.45) is 0 Å². The SMILES string of the molecule is CCNCc1cc(OC(C)C(=O)NC2CC2)ccc1Br. The maximum atomic E-state index is 11.9. The van der Waals surface area contributed by atoms with Crippen LogP contribution in [0.3, 0.4) is 0 Å². The van der Waals surface area contributed by atoms with Gasteiger partial charge >= 0.3 is 0 Å². The maximum absolute atomic E-state index is 11.9. The Morgan fingerprint density at radius 1 is 1.50 bits per heavy atom. The van der Waals surface area contributed by atoms with Gasteiger partial charge in [0, 0.05) is 17.1 Å². The molecule has 1 aromatic rings. The molecular weight excluding hydrogens is 320 g/mol. The molecule has 0 heterocycles. The summed E-state index contributed by atoms with van der Waals surface area (Å²) in [6, 6.07) is 6.16. The molecule has 0 radical (unpaired) electrons. The third kappa shape index (κ3) is 4.49. The van der Waals surface area contributed by atoms with E-state index in [2.05, 4.69) is 33.5 Å². The highest BCUT2D eigenvalue weighted by Gasteiger charge is 2.26. The number of carbonyl (C=O) groups excluding carboxylic acids is 1. The lowest BCUT2D eigenvalue weighted by atomic mass is 10.2. The smallest absolute Gasteiger partial charge is 0.260 e. The van der Waals surface area contributed by atoms with Gasteiger partial charge in [0.2, 0.25) is 0 Å². The van der Waals surface area contributed by atoms with Gasteiger partial charge in [0.15, 0.2) is 6.10 Å². The molecule has 1 amide bonds. The second-order valence-electron chi connectivity index (χ2n) is 5.08. The van der Waals surface area contributed by atoms with Crippen LogP contribution >= 0.6 is 15.9 Å². The molecule has 0 aromatic heterocycles.